The molecule has 1 aliphatic rings. The summed E-state index contributed by atoms with van der Waals surface area (Å²) in [5.74, 6) is 0.868. The van der Waals surface area contributed by atoms with E-state index in [1.807, 2.05) is 11.7 Å². The molecule has 1 saturated carbocycles. The van der Waals surface area contributed by atoms with Crippen molar-refractivity contribution >= 4 is 11.3 Å². The van der Waals surface area contributed by atoms with Gasteiger partial charge in [-0.15, -0.1) is 11.3 Å². The number of rotatable bonds is 5. The number of aromatic nitrogens is 1. The van der Waals surface area contributed by atoms with E-state index < -0.39 is 0 Å². The van der Waals surface area contributed by atoms with Gasteiger partial charge in [0.2, 0.25) is 0 Å². The first-order valence-corrected chi connectivity index (χ1v) is 8.39. The van der Waals surface area contributed by atoms with Crippen molar-refractivity contribution < 1.29 is 0 Å². The van der Waals surface area contributed by atoms with E-state index in [0.717, 1.165) is 12.5 Å². The van der Waals surface area contributed by atoms with Gasteiger partial charge in [-0.05, 0) is 31.7 Å². The predicted octanol–water partition coefficient (Wildman–Crippen LogP) is 4.02. The predicted molar refractivity (Wildman–Crippen MR) is 79.1 cm³/mol. The molecule has 0 bridgehead atoms. The summed E-state index contributed by atoms with van der Waals surface area (Å²) < 4.78 is 0. The summed E-state index contributed by atoms with van der Waals surface area (Å²) in [6.45, 7) is 3.31. The number of thiazole rings is 1. The molecule has 18 heavy (non-hydrogen) atoms. The van der Waals surface area contributed by atoms with Crippen LogP contribution in [0.5, 0.6) is 0 Å². The Labute approximate surface area is 115 Å². The largest absolute Gasteiger partial charge is 0.314 e. The zero-order chi connectivity index (χ0) is 12.6. The van der Waals surface area contributed by atoms with Crippen molar-refractivity contribution in [1.82, 2.24) is 10.3 Å². The molecule has 1 aromatic rings. The van der Waals surface area contributed by atoms with Crippen LogP contribution in [0.25, 0.3) is 0 Å². The van der Waals surface area contributed by atoms with Crippen LogP contribution in [0.3, 0.4) is 0 Å². The van der Waals surface area contributed by atoms with Crippen LogP contribution in [0.4, 0.5) is 0 Å². The summed E-state index contributed by atoms with van der Waals surface area (Å²) in [7, 11) is 0. The first kappa shape index (κ1) is 14.0. The minimum absolute atomic E-state index is 0.661. The van der Waals surface area contributed by atoms with Gasteiger partial charge in [-0.25, -0.2) is 0 Å². The molecule has 0 radical (unpaired) electrons. The molecular weight excluding hydrogens is 240 g/mol. The molecule has 0 aromatic carbocycles. The molecule has 1 unspecified atom stereocenters. The van der Waals surface area contributed by atoms with Gasteiger partial charge in [-0.1, -0.05) is 39.0 Å². The molecular formula is C15H26N2S. The fourth-order valence-corrected chi connectivity index (χ4v) is 3.77. The highest BCUT2D eigenvalue weighted by molar-refractivity contribution is 7.09. The van der Waals surface area contributed by atoms with Crippen LogP contribution in [-0.2, 0) is 6.42 Å². The third-order valence-electron chi connectivity index (χ3n) is 4.09. The lowest BCUT2D eigenvalue weighted by Crippen LogP contribution is -2.38. The van der Waals surface area contributed by atoms with Crippen LogP contribution >= 0.6 is 11.3 Å². The Kier molecular flexibility index (Phi) is 6.15. The summed E-state index contributed by atoms with van der Waals surface area (Å²) in [6.07, 6.45) is 13.2. The van der Waals surface area contributed by atoms with Crippen molar-refractivity contribution in [1.29, 1.82) is 0 Å². The summed E-state index contributed by atoms with van der Waals surface area (Å²) in [5, 5.41) is 3.72. The van der Waals surface area contributed by atoms with Crippen LogP contribution < -0.4 is 5.32 Å². The smallest absolute Gasteiger partial charge is 0.0794 e. The normalized spacial score (nSPS) is 20.3. The second-order valence-electron chi connectivity index (χ2n) is 5.44. The van der Waals surface area contributed by atoms with Gasteiger partial charge in [-0.2, -0.15) is 0 Å². The fraction of sp³-hybridized carbons (Fsp3) is 0.800. The van der Waals surface area contributed by atoms with Crippen LogP contribution in [0.15, 0.2) is 11.7 Å². The van der Waals surface area contributed by atoms with E-state index in [0.29, 0.717) is 6.04 Å². The highest BCUT2D eigenvalue weighted by atomic mass is 32.1. The number of nitrogens with zero attached hydrogens (tertiary/aromatic N) is 1. The maximum atomic E-state index is 4.20. The average Bonchev–Trinajstić information content (AvgIpc) is 2.81. The van der Waals surface area contributed by atoms with E-state index in [1.54, 1.807) is 11.3 Å². The second kappa shape index (κ2) is 7.90. The van der Waals surface area contributed by atoms with Gasteiger partial charge in [0.25, 0.3) is 0 Å². The summed E-state index contributed by atoms with van der Waals surface area (Å²) in [6, 6.07) is 0.661. The molecule has 1 atom stereocenters. The van der Waals surface area contributed by atoms with Gasteiger partial charge in [0, 0.05) is 17.1 Å². The Morgan fingerprint density at radius 2 is 2.00 bits per heavy atom. The molecule has 1 aliphatic carbocycles. The van der Waals surface area contributed by atoms with Crippen molar-refractivity contribution in [2.45, 2.75) is 64.3 Å². The molecule has 2 nitrogen and oxygen atoms in total. The van der Waals surface area contributed by atoms with Crippen molar-refractivity contribution in [3.05, 3.63) is 16.6 Å². The first-order valence-electron chi connectivity index (χ1n) is 7.51. The minimum atomic E-state index is 0.661. The van der Waals surface area contributed by atoms with Gasteiger partial charge in [0.05, 0.1) is 5.51 Å². The molecule has 0 amide bonds. The molecule has 1 heterocycles. The van der Waals surface area contributed by atoms with Gasteiger partial charge in [0.1, 0.15) is 0 Å². The maximum absolute atomic E-state index is 4.20. The number of nitrogens with one attached hydrogen (secondary N) is 1. The fourth-order valence-electron chi connectivity index (χ4n) is 3.12. The number of likely N-dealkylation sites (N-methyl/N-ethyl adjacent to an activating group) is 1. The zero-order valence-corrected chi connectivity index (χ0v) is 12.3. The lowest BCUT2D eigenvalue weighted by Gasteiger charge is -2.29. The zero-order valence-electron chi connectivity index (χ0n) is 11.5. The Morgan fingerprint density at radius 3 is 2.61 bits per heavy atom. The molecule has 1 aromatic heterocycles. The molecule has 1 fully saturated rings. The third kappa shape index (κ3) is 4.36. The quantitative estimate of drug-likeness (QED) is 0.870. The molecule has 0 spiro atoms. The van der Waals surface area contributed by atoms with Crippen molar-refractivity contribution in [3.8, 4) is 0 Å². The van der Waals surface area contributed by atoms with E-state index in [4.69, 9.17) is 0 Å². The lowest BCUT2D eigenvalue weighted by molar-refractivity contribution is 0.287. The third-order valence-corrected chi connectivity index (χ3v) is 4.89. The molecule has 0 aliphatic heterocycles. The monoisotopic (exact) mass is 266 g/mol. The van der Waals surface area contributed by atoms with E-state index >= 15 is 0 Å². The number of hydrogen-bond acceptors (Lipinski definition) is 3. The van der Waals surface area contributed by atoms with Gasteiger partial charge >= 0.3 is 0 Å². The Balaban J connectivity index is 1.93. The molecule has 1 N–H and O–H groups in total. The highest BCUT2D eigenvalue weighted by Gasteiger charge is 2.22. The van der Waals surface area contributed by atoms with Crippen LogP contribution in [0.1, 0.15) is 56.7 Å². The van der Waals surface area contributed by atoms with Crippen LogP contribution in [0, 0.1) is 5.92 Å². The number of hydrogen-bond donors (Lipinski definition) is 1. The SMILES string of the molecule is CCNC(Cc1cncs1)C1CCCCCCC1. The lowest BCUT2D eigenvalue weighted by atomic mass is 9.84. The van der Waals surface area contributed by atoms with E-state index in [1.165, 1.54) is 56.2 Å². The second-order valence-corrected chi connectivity index (χ2v) is 6.41. The maximum Gasteiger partial charge on any atom is 0.0794 e. The van der Waals surface area contributed by atoms with E-state index in [2.05, 4.69) is 17.2 Å². The van der Waals surface area contributed by atoms with Gasteiger partial charge < -0.3 is 5.32 Å². The Hall–Kier alpha value is -0.410. The van der Waals surface area contributed by atoms with Crippen LogP contribution in [-0.4, -0.2) is 17.6 Å². The van der Waals surface area contributed by atoms with E-state index in [9.17, 15) is 0 Å². The average molecular weight is 266 g/mol. The summed E-state index contributed by atoms with van der Waals surface area (Å²) in [4.78, 5) is 5.64. The van der Waals surface area contributed by atoms with Gasteiger partial charge in [-0.3, -0.25) is 4.98 Å². The Morgan fingerprint density at radius 1 is 1.28 bits per heavy atom. The molecule has 2 rings (SSSR count). The topological polar surface area (TPSA) is 24.9 Å². The summed E-state index contributed by atoms with van der Waals surface area (Å²) >= 11 is 1.80. The van der Waals surface area contributed by atoms with Crippen molar-refractivity contribution in [2.75, 3.05) is 6.54 Å². The van der Waals surface area contributed by atoms with Gasteiger partial charge in [0.15, 0.2) is 0 Å². The standard InChI is InChI=1S/C15H26N2S/c1-2-17-15(10-14-11-16-12-18-14)13-8-6-4-3-5-7-9-13/h11-13,15,17H,2-10H2,1H3. The highest BCUT2D eigenvalue weighted by Crippen LogP contribution is 2.27. The van der Waals surface area contributed by atoms with Crippen molar-refractivity contribution in [3.63, 3.8) is 0 Å². The molecule has 102 valence electrons. The first-order chi connectivity index (χ1) is 8.90. The summed E-state index contributed by atoms with van der Waals surface area (Å²) in [5.41, 5.74) is 1.95. The van der Waals surface area contributed by atoms with Crippen LogP contribution in [0.2, 0.25) is 0 Å². The van der Waals surface area contributed by atoms with Crippen molar-refractivity contribution in [2.24, 2.45) is 5.92 Å². The molecule has 3 heteroatoms. The minimum Gasteiger partial charge on any atom is -0.314 e. The Bertz CT molecular complexity index is 302. The molecule has 0 saturated heterocycles. The van der Waals surface area contributed by atoms with E-state index in [-0.39, 0.29) is 0 Å².